The molecule has 90 valence electrons. The van der Waals surface area contributed by atoms with Crippen LogP contribution in [0, 0.1) is 27.7 Å². The smallest absolute Gasteiger partial charge is 0.106 e. The highest BCUT2D eigenvalue weighted by molar-refractivity contribution is 5.33. The first-order valence-electron chi connectivity index (χ1n) is 6.15. The van der Waals surface area contributed by atoms with Gasteiger partial charge in [0, 0.05) is 12.1 Å². The first-order chi connectivity index (χ1) is 8.08. The van der Waals surface area contributed by atoms with Gasteiger partial charge in [0.1, 0.15) is 5.82 Å². The lowest BCUT2D eigenvalue weighted by Gasteiger charge is -2.07. The fraction of sp³-hybridized carbons (Fsp3) is 0.400. The molecule has 0 radical (unpaired) electrons. The summed E-state index contributed by atoms with van der Waals surface area (Å²) in [6, 6.07) is 6.52. The predicted octanol–water partition coefficient (Wildman–Crippen LogP) is 3.43. The van der Waals surface area contributed by atoms with Crippen LogP contribution >= 0.6 is 0 Å². The standard InChI is InChI=1S/C15H20N2/c1-10-6-5-7-14(11(10)2)8-9-15-16-12(3)13(4)17-15/h5-7H,8-9H2,1-4H3,(H,16,17). The van der Waals surface area contributed by atoms with Crippen LogP contribution in [0.2, 0.25) is 0 Å². The zero-order valence-electron chi connectivity index (χ0n) is 11.1. The summed E-state index contributed by atoms with van der Waals surface area (Å²) >= 11 is 0. The number of hydrogen-bond acceptors (Lipinski definition) is 1. The summed E-state index contributed by atoms with van der Waals surface area (Å²) in [5.74, 6) is 1.10. The summed E-state index contributed by atoms with van der Waals surface area (Å²) < 4.78 is 0. The Morgan fingerprint density at radius 3 is 2.47 bits per heavy atom. The van der Waals surface area contributed by atoms with Gasteiger partial charge in [0.15, 0.2) is 0 Å². The van der Waals surface area contributed by atoms with Crippen molar-refractivity contribution in [1.29, 1.82) is 0 Å². The van der Waals surface area contributed by atoms with Gasteiger partial charge in [0.25, 0.3) is 0 Å². The van der Waals surface area contributed by atoms with Gasteiger partial charge in [-0.3, -0.25) is 0 Å². The van der Waals surface area contributed by atoms with Gasteiger partial charge in [0.05, 0.1) is 5.69 Å². The number of nitrogens with zero attached hydrogens (tertiary/aromatic N) is 1. The van der Waals surface area contributed by atoms with Crippen molar-refractivity contribution in [2.75, 3.05) is 0 Å². The number of H-pyrrole nitrogens is 1. The molecule has 1 heterocycles. The van der Waals surface area contributed by atoms with Crippen molar-refractivity contribution < 1.29 is 0 Å². The molecular weight excluding hydrogens is 208 g/mol. The lowest BCUT2D eigenvalue weighted by Crippen LogP contribution is -1.97. The maximum absolute atomic E-state index is 4.52. The molecule has 0 bridgehead atoms. The van der Waals surface area contributed by atoms with E-state index < -0.39 is 0 Å². The van der Waals surface area contributed by atoms with E-state index in [1.165, 1.54) is 22.4 Å². The zero-order valence-corrected chi connectivity index (χ0v) is 11.1. The first kappa shape index (κ1) is 11.9. The Balaban J connectivity index is 2.10. The van der Waals surface area contributed by atoms with Crippen molar-refractivity contribution in [2.45, 2.75) is 40.5 Å². The second kappa shape index (κ2) is 4.74. The average Bonchev–Trinajstić information content (AvgIpc) is 2.61. The van der Waals surface area contributed by atoms with E-state index in [-0.39, 0.29) is 0 Å². The van der Waals surface area contributed by atoms with Crippen LogP contribution in [0.1, 0.15) is 33.9 Å². The number of aryl methyl sites for hydroxylation is 5. The van der Waals surface area contributed by atoms with Gasteiger partial charge in [-0.1, -0.05) is 18.2 Å². The van der Waals surface area contributed by atoms with Gasteiger partial charge in [-0.2, -0.15) is 0 Å². The predicted molar refractivity (Wildman–Crippen MR) is 71.4 cm³/mol. The van der Waals surface area contributed by atoms with Crippen LogP contribution in [0.15, 0.2) is 18.2 Å². The van der Waals surface area contributed by atoms with Crippen molar-refractivity contribution in [3.8, 4) is 0 Å². The van der Waals surface area contributed by atoms with Gasteiger partial charge in [-0.15, -0.1) is 0 Å². The molecule has 0 unspecified atom stereocenters. The molecule has 0 aliphatic rings. The summed E-state index contributed by atoms with van der Waals surface area (Å²) in [6.45, 7) is 8.49. The van der Waals surface area contributed by atoms with Crippen LogP contribution in [0.4, 0.5) is 0 Å². The summed E-state index contributed by atoms with van der Waals surface area (Å²) in [7, 11) is 0. The first-order valence-corrected chi connectivity index (χ1v) is 6.15. The third kappa shape index (κ3) is 2.57. The Hall–Kier alpha value is -1.57. The Morgan fingerprint density at radius 1 is 1.06 bits per heavy atom. The van der Waals surface area contributed by atoms with Gasteiger partial charge in [-0.05, 0) is 50.8 Å². The van der Waals surface area contributed by atoms with Crippen LogP contribution in [-0.4, -0.2) is 9.97 Å². The Kier molecular flexibility index (Phi) is 3.32. The van der Waals surface area contributed by atoms with E-state index in [9.17, 15) is 0 Å². The van der Waals surface area contributed by atoms with Crippen LogP contribution in [0.5, 0.6) is 0 Å². The van der Waals surface area contributed by atoms with Crippen LogP contribution < -0.4 is 0 Å². The molecule has 0 aliphatic carbocycles. The summed E-state index contributed by atoms with van der Waals surface area (Å²) in [6.07, 6.45) is 2.04. The highest BCUT2D eigenvalue weighted by Gasteiger charge is 2.05. The molecular formula is C15H20N2. The van der Waals surface area contributed by atoms with E-state index in [4.69, 9.17) is 0 Å². The van der Waals surface area contributed by atoms with Gasteiger partial charge < -0.3 is 4.98 Å². The molecule has 17 heavy (non-hydrogen) atoms. The third-order valence-electron chi connectivity index (χ3n) is 3.53. The minimum absolute atomic E-state index is 0.985. The highest BCUT2D eigenvalue weighted by atomic mass is 14.9. The number of nitrogens with one attached hydrogen (secondary N) is 1. The fourth-order valence-electron chi connectivity index (χ4n) is 2.08. The summed E-state index contributed by atoms with van der Waals surface area (Å²) in [5.41, 5.74) is 6.50. The van der Waals surface area contributed by atoms with E-state index in [0.29, 0.717) is 0 Å². The van der Waals surface area contributed by atoms with E-state index >= 15 is 0 Å². The molecule has 2 aromatic rings. The SMILES string of the molecule is Cc1cccc(CCc2nc(C)c(C)[nH]2)c1C. The van der Waals surface area contributed by atoms with E-state index in [1.807, 2.05) is 6.92 Å². The number of rotatable bonds is 3. The average molecular weight is 228 g/mol. The summed E-state index contributed by atoms with van der Waals surface area (Å²) in [4.78, 5) is 7.86. The fourth-order valence-corrected chi connectivity index (χ4v) is 2.08. The van der Waals surface area contributed by atoms with Crippen LogP contribution in [-0.2, 0) is 12.8 Å². The van der Waals surface area contributed by atoms with Crippen LogP contribution in [0.25, 0.3) is 0 Å². The number of aromatic amines is 1. The van der Waals surface area contributed by atoms with Crippen molar-refractivity contribution in [2.24, 2.45) is 0 Å². The molecule has 0 atom stereocenters. The van der Waals surface area contributed by atoms with Crippen molar-refractivity contribution in [3.05, 3.63) is 52.1 Å². The number of benzene rings is 1. The quantitative estimate of drug-likeness (QED) is 0.856. The molecule has 2 heteroatoms. The normalized spacial score (nSPS) is 10.8. The topological polar surface area (TPSA) is 28.7 Å². The van der Waals surface area contributed by atoms with Crippen LogP contribution in [0.3, 0.4) is 0 Å². The number of imidazole rings is 1. The van der Waals surface area contributed by atoms with Crippen molar-refractivity contribution >= 4 is 0 Å². The lowest BCUT2D eigenvalue weighted by atomic mass is 10.00. The highest BCUT2D eigenvalue weighted by Crippen LogP contribution is 2.15. The van der Waals surface area contributed by atoms with Crippen molar-refractivity contribution in [3.63, 3.8) is 0 Å². The molecule has 0 saturated heterocycles. The number of aromatic nitrogens is 2. The van der Waals surface area contributed by atoms with Gasteiger partial charge in [-0.25, -0.2) is 4.98 Å². The van der Waals surface area contributed by atoms with Crippen molar-refractivity contribution in [1.82, 2.24) is 9.97 Å². The van der Waals surface area contributed by atoms with E-state index in [0.717, 1.165) is 24.4 Å². The summed E-state index contributed by atoms with van der Waals surface area (Å²) in [5, 5.41) is 0. The Labute approximate surface area is 103 Å². The Bertz CT molecular complexity index is 504. The molecule has 0 fully saturated rings. The van der Waals surface area contributed by atoms with E-state index in [1.54, 1.807) is 0 Å². The molecule has 0 saturated carbocycles. The van der Waals surface area contributed by atoms with E-state index in [2.05, 4.69) is 48.9 Å². The molecule has 0 spiro atoms. The monoisotopic (exact) mass is 228 g/mol. The minimum atomic E-state index is 0.985. The lowest BCUT2D eigenvalue weighted by molar-refractivity contribution is 0.871. The second-order valence-electron chi connectivity index (χ2n) is 4.75. The zero-order chi connectivity index (χ0) is 12.4. The van der Waals surface area contributed by atoms with Gasteiger partial charge >= 0.3 is 0 Å². The molecule has 1 aromatic heterocycles. The molecule has 0 amide bonds. The van der Waals surface area contributed by atoms with Gasteiger partial charge in [0.2, 0.25) is 0 Å². The number of hydrogen-bond donors (Lipinski definition) is 1. The molecule has 0 aliphatic heterocycles. The second-order valence-corrected chi connectivity index (χ2v) is 4.75. The third-order valence-corrected chi connectivity index (χ3v) is 3.53. The maximum atomic E-state index is 4.52. The molecule has 2 rings (SSSR count). The molecule has 1 N–H and O–H groups in total. The molecule has 1 aromatic carbocycles. The maximum Gasteiger partial charge on any atom is 0.106 e. The molecule has 2 nitrogen and oxygen atoms in total. The Morgan fingerprint density at radius 2 is 1.82 bits per heavy atom. The minimum Gasteiger partial charge on any atom is -0.346 e. The largest absolute Gasteiger partial charge is 0.346 e.